The van der Waals surface area contributed by atoms with Crippen LogP contribution in [0.5, 0.6) is 0 Å². The maximum atomic E-state index is 12.8. The zero-order valence-electron chi connectivity index (χ0n) is 15.2. The summed E-state index contributed by atoms with van der Waals surface area (Å²) in [5, 5.41) is 3.89. The second kappa shape index (κ2) is 8.02. The van der Waals surface area contributed by atoms with Crippen molar-refractivity contribution in [3.05, 3.63) is 23.2 Å². The second-order valence-electron chi connectivity index (χ2n) is 6.88. The van der Waals surface area contributed by atoms with Crippen molar-refractivity contribution in [3.63, 3.8) is 0 Å². The topological polar surface area (TPSA) is 79.4 Å². The van der Waals surface area contributed by atoms with Gasteiger partial charge in [-0.3, -0.25) is 4.79 Å². The van der Waals surface area contributed by atoms with E-state index in [0.29, 0.717) is 0 Å². The lowest BCUT2D eigenvalue weighted by atomic mass is 10.1. The molecule has 1 fully saturated rings. The summed E-state index contributed by atoms with van der Waals surface area (Å²) in [7, 11) is -2.26. The van der Waals surface area contributed by atoms with E-state index in [0.717, 1.165) is 45.2 Å². The van der Waals surface area contributed by atoms with Crippen molar-refractivity contribution < 1.29 is 13.2 Å². The number of likely N-dealkylation sites (N-methyl/N-ethyl adjacent to an activating group) is 1. The van der Waals surface area contributed by atoms with Crippen molar-refractivity contribution in [1.82, 2.24) is 14.6 Å². The fraction of sp³-hybridized carbons (Fsp3) is 0.556. The van der Waals surface area contributed by atoms with E-state index in [1.165, 1.54) is 31.2 Å². The van der Waals surface area contributed by atoms with Crippen molar-refractivity contribution in [2.75, 3.05) is 13.6 Å². The van der Waals surface area contributed by atoms with E-state index in [2.05, 4.69) is 10.3 Å². The summed E-state index contributed by atoms with van der Waals surface area (Å²) in [5.74, 6) is -0.238. The monoisotopic (exact) mass is 395 g/mol. The van der Waals surface area contributed by atoms with Gasteiger partial charge in [-0.2, -0.15) is 4.31 Å². The van der Waals surface area contributed by atoms with Gasteiger partial charge in [0.2, 0.25) is 15.9 Å². The first-order valence-electron chi connectivity index (χ1n) is 8.99. The molecule has 1 heterocycles. The van der Waals surface area contributed by atoms with E-state index < -0.39 is 10.0 Å². The van der Waals surface area contributed by atoms with Gasteiger partial charge in [0, 0.05) is 13.1 Å². The molecule has 142 valence electrons. The standard InChI is InChI=1S/C18H25N3O3S2/c1-13-19-16-10-9-15(11-17(16)25-13)26(23,24)21(2)12-18(22)20-14-7-5-3-4-6-8-14/h9-11,14H,3-8,12H2,1-2H3,(H,20,22). The highest BCUT2D eigenvalue weighted by molar-refractivity contribution is 7.89. The Balaban J connectivity index is 1.68. The number of aryl methyl sites for hydroxylation is 1. The molecule has 1 aromatic heterocycles. The van der Waals surface area contributed by atoms with E-state index in [9.17, 15) is 13.2 Å². The molecule has 8 heteroatoms. The van der Waals surface area contributed by atoms with Crippen LogP contribution in [0.2, 0.25) is 0 Å². The van der Waals surface area contributed by atoms with Gasteiger partial charge in [-0.1, -0.05) is 25.7 Å². The molecule has 1 aromatic carbocycles. The third-order valence-electron chi connectivity index (χ3n) is 4.76. The number of nitrogens with zero attached hydrogens (tertiary/aromatic N) is 2. The van der Waals surface area contributed by atoms with Crippen LogP contribution in [0.4, 0.5) is 0 Å². The Bertz CT molecular complexity index is 884. The number of hydrogen-bond donors (Lipinski definition) is 1. The van der Waals surface area contributed by atoms with Crippen LogP contribution < -0.4 is 5.32 Å². The van der Waals surface area contributed by atoms with E-state index in [1.54, 1.807) is 18.2 Å². The summed E-state index contributed by atoms with van der Waals surface area (Å²) in [5.41, 5.74) is 0.792. The average molecular weight is 396 g/mol. The summed E-state index contributed by atoms with van der Waals surface area (Å²) in [6.45, 7) is 1.72. The molecule has 0 bridgehead atoms. The van der Waals surface area contributed by atoms with Crippen LogP contribution in [0.1, 0.15) is 43.5 Å². The molecule has 1 amide bonds. The van der Waals surface area contributed by atoms with Crippen LogP contribution in [-0.2, 0) is 14.8 Å². The van der Waals surface area contributed by atoms with Crippen LogP contribution in [0.3, 0.4) is 0 Å². The molecule has 0 aliphatic heterocycles. The maximum Gasteiger partial charge on any atom is 0.243 e. The molecule has 1 saturated carbocycles. The molecule has 0 spiro atoms. The SMILES string of the molecule is Cc1nc2ccc(S(=O)(=O)N(C)CC(=O)NC3CCCCCC3)cc2s1. The van der Waals surface area contributed by atoms with Gasteiger partial charge < -0.3 is 5.32 Å². The van der Waals surface area contributed by atoms with Gasteiger partial charge in [0.25, 0.3) is 0 Å². The lowest BCUT2D eigenvalue weighted by molar-refractivity contribution is -0.121. The molecule has 1 aliphatic rings. The highest BCUT2D eigenvalue weighted by Crippen LogP contribution is 2.26. The fourth-order valence-corrected chi connectivity index (χ4v) is 5.44. The molecular weight excluding hydrogens is 370 g/mol. The predicted molar refractivity (Wildman–Crippen MR) is 104 cm³/mol. The first kappa shape index (κ1) is 19.3. The lowest BCUT2D eigenvalue weighted by Crippen LogP contribution is -2.42. The number of amides is 1. The summed E-state index contributed by atoms with van der Waals surface area (Å²) >= 11 is 1.46. The Morgan fingerprint density at radius 3 is 2.65 bits per heavy atom. The summed E-state index contributed by atoms with van der Waals surface area (Å²) in [4.78, 5) is 16.8. The molecule has 0 unspecified atom stereocenters. The normalized spacial score (nSPS) is 16.7. The molecule has 0 radical (unpaired) electrons. The van der Waals surface area contributed by atoms with E-state index >= 15 is 0 Å². The number of thiazole rings is 1. The molecular formula is C18H25N3O3S2. The van der Waals surface area contributed by atoms with Crippen LogP contribution in [-0.4, -0.2) is 43.2 Å². The maximum absolute atomic E-state index is 12.8. The molecule has 26 heavy (non-hydrogen) atoms. The van der Waals surface area contributed by atoms with Crippen molar-refractivity contribution in [2.45, 2.75) is 56.4 Å². The second-order valence-corrected chi connectivity index (χ2v) is 10.2. The number of carbonyl (C=O) groups excluding carboxylic acids is 1. The minimum atomic E-state index is -3.71. The van der Waals surface area contributed by atoms with Gasteiger partial charge in [-0.25, -0.2) is 13.4 Å². The molecule has 0 atom stereocenters. The number of aromatic nitrogens is 1. The Morgan fingerprint density at radius 1 is 1.27 bits per heavy atom. The Morgan fingerprint density at radius 2 is 1.96 bits per heavy atom. The number of fused-ring (bicyclic) bond motifs is 1. The molecule has 3 rings (SSSR count). The minimum absolute atomic E-state index is 0.164. The first-order valence-corrected chi connectivity index (χ1v) is 11.2. The largest absolute Gasteiger partial charge is 0.352 e. The highest BCUT2D eigenvalue weighted by atomic mass is 32.2. The van der Waals surface area contributed by atoms with Gasteiger partial charge in [-0.15, -0.1) is 11.3 Å². The van der Waals surface area contributed by atoms with Gasteiger partial charge in [0.05, 0.1) is 26.7 Å². The van der Waals surface area contributed by atoms with Crippen molar-refractivity contribution in [3.8, 4) is 0 Å². The third kappa shape index (κ3) is 4.42. The van der Waals surface area contributed by atoms with E-state index in [-0.39, 0.29) is 23.4 Å². The fourth-order valence-electron chi connectivity index (χ4n) is 3.34. The van der Waals surface area contributed by atoms with Gasteiger partial charge in [0.1, 0.15) is 0 Å². The smallest absolute Gasteiger partial charge is 0.243 e. The number of rotatable bonds is 5. The molecule has 2 aromatic rings. The van der Waals surface area contributed by atoms with Crippen LogP contribution in [0.15, 0.2) is 23.1 Å². The zero-order valence-corrected chi connectivity index (χ0v) is 16.8. The average Bonchev–Trinajstić information content (AvgIpc) is 2.77. The highest BCUT2D eigenvalue weighted by Gasteiger charge is 2.24. The van der Waals surface area contributed by atoms with E-state index in [4.69, 9.17) is 0 Å². The van der Waals surface area contributed by atoms with E-state index in [1.807, 2.05) is 6.92 Å². The molecule has 1 N–H and O–H groups in total. The Labute approximate surface area is 158 Å². The van der Waals surface area contributed by atoms with Gasteiger partial charge >= 0.3 is 0 Å². The van der Waals surface area contributed by atoms with Crippen LogP contribution in [0.25, 0.3) is 10.2 Å². The minimum Gasteiger partial charge on any atom is -0.352 e. The van der Waals surface area contributed by atoms with Crippen LogP contribution >= 0.6 is 11.3 Å². The Hall–Kier alpha value is -1.51. The first-order chi connectivity index (χ1) is 12.4. The Kier molecular flexibility index (Phi) is 5.94. The lowest BCUT2D eigenvalue weighted by Gasteiger charge is -2.20. The summed E-state index contributed by atoms with van der Waals surface area (Å²) in [6.07, 6.45) is 6.61. The summed E-state index contributed by atoms with van der Waals surface area (Å²) in [6, 6.07) is 5.06. The predicted octanol–water partition coefficient (Wildman–Crippen LogP) is 3.06. The number of sulfonamides is 1. The number of carbonyl (C=O) groups is 1. The summed E-state index contributed by atoms with van der Waals surface area (Å²) < 4.78 is 27.5. The molecule has 0 saturated heterocycles. The van der Waals surface area contributed by atoms with Crippen molar-refractivity contribution in [1.29, 1.82) is 0 Å². The van der Waals surface area contributed by atoms with Gasteiger partial charge in [-0.05, 0) is 38.0 Å². The number of benzene rings is 1. The van der Waals surface area contributed by atoms with Crippen LogP contribution in [0, 0.1) is 6.92 Å². The molecule has 1 aliphatic carbocycles. The van der Waals surface area contributed by atoms with Crippen molar-refractivity contribution >= 4 is 37.5 Å². The zero-order chi connectivity index (χ0) is 18.7. The third-order valence-corrected chi connectivity index (χ3v) is 7.49. The quantitative estimate of drug-likeness (QED) is 0.789. The van der Waals surface area contributed by atoms with Crippen molar-refractivity contribution in [2.24, 2.45) is 0 Å². The number of hydrogen-bond acceptors (Lipinski definition) is 5. The van der Waals surface area contributed by atoms with Gasteiger partial charge in [0.15, 0.2) is 0 Å². The number of nitrogens with one attached hydrogen (secondary N) is 1. The molecule has 6 nitrogen and oxygen atoms in total.